The van der Waals surface area contributed by atoms with Crippen LogP contribution in [0.25, 0.3) is 0 Å². The van der Waals surface area contributed by atoms with Crippen LogP contribution in [0.5, 0.6) is 0 Å². The molecule has 1 aromatic carbocycles. The number of esters is 1. The van der Waals surface area contributed by atoms with E-state index in [-0.39, 0.29) is 13.2 Å². The molecule has 1 aromatic rings. The molecule has 1 unspecified atom stereocenters. The SMILES string of the molecule is COC(=O)C1(COCc2ccccc2)C=CC(=O)N1C(=O)OC(C)(C)C. The number of imide groups is 1. The molecule has 26 heavy (non-hydrogen) atoms. The number of ether oxygens (including phenoxy) is 3. The lowest BCUT2D eigenvalue weighted by Gasteiger charge is -2.34. The summed E-state index contributed by atoms with van der Waals surface area (Å²) >= 11 is 0. The molecule has 1 atom stereocenters. The van der Waals surface area contributed by atoms with Gasteiger partial charge in [0.2, 0.25) is 0 Å². The van der Waals surface area contributed by atoms with Gasteiger partial charge in [-0.1, -0.05) is 30.3 Å². The van der Waals surface area contributed by atoms with Gasteiger partial charge in [-0.2, -0.15) is 0 Å². The fraction of sp³-hybridized carbons (Fsp3) is 0.421. The Morgan fingerprint density at radius 3 is 2.38 bits per heavy atom. The molecule has 0 aliphatic carbocycles. The standard InChI is InChI=1S/C19H23NO6/c1-18(2,3)26-17(23)20-15(21)10-11-19(20,16(22)24-4)13-25-12-14-8-6-5-7-9-14/h5-11H,12-13H2,1-4H3. The van der Waals surface area contributed by atoms with E-state index in [1.807, 2.05) is 30.3 Å². The number of hydrogen-bond acceptors (Lipinski definition) is 6. The van der Waals surface area contributed by atoms with E-state index in [1.165, 1.54) is 13.2 Å². The van der Waals surface area contributed by atoms with Gasteiger partial charge >= 0.3 is 12.1 Å². The molecule has 1 heterocycles. The van der Waals surface area contributed by atoms with Gasteiger partial charge in [0.25, 0.3) is 5.91 Å². The van der Waals surface area contributed by atoms with Gasteiger partial charge in [0.15, 0.2) is 5.54 Å². The van der Waals surface area contributed by atoms with E-state index in [2.05, 4.69) is 0 Å². The van der Waals surface area contributed by atoms with E-state index in [0.29, 0.717) is 0 Å². The third-order valence-electron chi connectivity index (χ3n) is 3.67. The van der Waals surface area contributed by atoms with Crippen molar-refractivity contribution in [3.63, 3.8) is 0 Å². The lowest BCUT2D eigenvalue weighted by Crippen LogP contribution is -2.59. The van der Waals surface area contributed by atoms with E-state index in [9.17, 15) is 14.4 Å². The number of rotatable bonds is 5. The van der Waals surface area contributed by atoms with Crippen molar-refractivity contribution < 1.29 is 28.6 Å². The molecule has 7 nitrogen and oxygen atoms in total. The summed E-state index contributed by atoms with van der Waals surface area (Å²) in [6, 6.07) is 9.34. The Morgan fingerprint density at radius 1 is 1.15 bits per heavy atom. The monoisotopic (exact) mass is 361 g/mol. The Hall–Kier alpha value is -2.67. The van der Waals surface area contributed by atoms with Gasteiger partial charge < -0.3 is 14.2 Å². The Bertz CT molecular complexity index is 706. The lowest BCUT2D eigenvalue weighted by atomic mass is 10.0. The summed E-state index contributed by atoms with van der Waals surface area (Å²) in [5, 5.41) is 0. The molecule has 1 aliphatic rings. The van der Waals surface area contributed by atoms with E-state index in [4.69, 9.17) is 14.2 Å². The molecule has 0 fully saturated rings. The highest BCUT2D eigenvalue weighted by Gasteiger charge is 2.53. The molecular formula is C19H23NO6. The summed E-state index contributed by atoms with van der Waals surface area (Å²) in [6.07, 6.45) is 1.53. The van der Waals surface area contributed by atoms with Gasteiger partial charge in [-0.05, 0) is 32.4 Å². The Kier molecular flexibility index (Phi) is 5.82. The summed E-state index contributed by atoms with van der Waals surface area (Å²) in [7, 11) is 1.19. The molecule has 140 valence electrons. The number of nitrogens with zero attached hydrogens (tertiary/aromatic N) is 1. The number of amides is 2. The maximum Gasteiger partial charge on any atom is 0.418 e. The van der Waals surface area contributed by atoms with Gasteiger partial charge in [0, 0.05) is 6.08 Å². The van der Waals surface area contributed by atoms with Crippen LogP contribution in [-0.2, 0) is 30.4 Å². The van der Waals surface area contributed by atoms with Crippen LogP contribution >= 0.6 is 0 Å². The van der Waals surface area contributed by atoms with Gasteiger partial charge in [0.05, 0.1) is 20.3 Å². The normalized spacial score (nSPS) is 19.5. The predicted octanol–water partition coefficient (Wildman–Crippen LogP) is 2.45. The van der Waals surface area contributed by atoms with Crippen molar-refractivity contribution in [2.24, 2.45) is 0 Å². The van der Waals surface area contributed by atoms with Crippen molar-refractivity contribution in [1.82, 2.24) is 4.90 Å². The zero-order valence-corrected chi connectivity index (χ0v) is 15.4. The van der Waals surface area contributed by atoms with Crippen LogP contribution in [0.3, 0.4) is 0 Å². The van der Waals surface area contributed by atoms with Crippen LogP contribution in [0.15, 0.2) is 42.5 Å². The molecule has 7 heteroatoms. The molecule has 0 N–H and O–H groups in total. The summed E-state index contributed by atoms with van der Waals surface area (Å²) in [5.41, 5.74) is -1.63. The number of benzene rings is 1. The second kappa shape index (κ2) is 7.70. The van der Waals surface area contributed by atoms with E-state index in [1.54, 1.807) is 20.8 Å². The average Bonchev–Trinajstić information content (AvgIpc) is 2.91. The zero-order valence-electron chi connectivity index (χ0n) is 15.4. The fourth-order valence-corrected chi connectivity index (χ4v) is 2.52. The number of carbonyl (C=O) groups is 3. The minimum atomic E-state index is -1.69. The third kappa shape index (κ3) is 4.29. The van der Waals surface area contributed by atoms with Crippen molar-refractivity contribution in [2.45, 2.75) is 38.5 Å². The summed E-state index contributed by atoms with van der Waals surface area (Å²) in [6.45, 7) is 4.99. The van der Waals surface area contributed by atoms with Crippen molar-refractivity contribution in [1.29, 1.82) is 0 Å². The quantitative estimate of drug-likeness (QED) is 0.749. The molecule has 1 aliphatic heterocycles. The summed E-state index contributed by atoms with van der Waals surface area (Å²) < 4.78 is 15.7. The fourth-order valence-electron chi connectivity index (χ4n) is 2.52. The molecule has 0 saturated heterocycles. The van der Waals surface area contributed by atoms with Crippen molar-refractivity contribution >= 4 is 18.0 Å². The van der Waals surface area contributed by atoms with Crippen LogP contribution < -0.4 is 0 Å². The van der Waals surface area contributed by atoms with Gasteiger partial charge in [0.1, 0.15) is 5.60 Å². The second-order valence-corrected chi connectivity index (χ2v) is 6.88. The molecule has 0 aromatic heterocycles. The Morgan fingerprint density at radius 2 is 1.81 bits per heavy atom. The highest BCUT2D eigenvalue weighted by atomic mass is 16.6. The van der Waals surface area contributed by atoms with Crippen molar-refractivity contribution in [3.05, 3.63) is 48.0 Å². The van der Waals surface area contributed by atoms with Crippen LogP contribution in [0.4, 0.5) is 4.79 Å². The summed E-state index contributed by atoms with van der Waals surface area (Å²) in [4.78, 5) is 38.0. The predicted molar refractivity (Wildman–Crippen MR) is 93.1 cm³/mol. The van der Waals surface area contributed by atoms with Crippen LogP contribution in [0.2, 0.25) is 0 Å². The minimum Gasteiger partial charge on any atom is -0.467 e. The lowest BCUT2D eigenvalue weighted by molar-refractivity contribution is -0.158. The molecular weight excluding hydrogens is 338 g/mol. The van der Waals surface area contributed by atoms with Crippen LogP contribution in [0, 0.1) is 0 Å². The van der Waals surface area contributed by atoms with Gasteiger partial charge in [-0.3, -0.25) is 4.79 Å². The van der Waals surface area contributed by atoms with Crippen molar-refractivity contribution in [3.8, 4) is 0 Å². The largest absolute Gasteiger partial charge is 0.467 e. The molecule has 0 saturated carbocycles. The number of methoxy groups -OCH3 is 1. The molecule has 2 amide bonds. The highest BCUT2D eigenvalue weighted by Crippen LogP contribution is 2.29. The number of hydrogen-bond donors (Lipinski definition) is 0. The first-order valence-electron chi connectivity index (χ1n) is 8.16. The second-order valence-electron chi connectivity index (χ2n) is 6.88. The molecule has 2 rings (SSSR count). The Balaban J connectivity index is 2.22. The van der Waals surface area contributed by atoms with Crippen LogP contribution in [-0.4, -0.2) is 47.7 Å². The Labute approximate surface area is 152 Å². The summed E-state index contributed by atoms with van der Waals surface area (Å²) in [5.74, 6) is -1.44. The maximum absolute atomic E-state index is 12.5. The molecule has 0 bridgehead atoms. The topological polar surface area (TPSA) is 82.1 Å². The van der Waals surface area contributed by atoms with E-state index >= 15 is 0 Å². The highest BCUT2D eigenvalue weighted by molar-refractivity contribution is 6.08. The number of carbonyl (C=O) groups excluding carboxylic acids is 3. The maximum atomic E-state index is 12.5. The van der Waals surface area contributed by atoms with Crippen molar-refractivity contribution in [2.75, 3.05) is 13.7 Å². The zero-order chi connectivity index (χ0) is 19.4. The molecule has 0 spiro atoms. The van der Waals surface area contributed by atoms with Gasteiger partial charge in [-0.25, -0.2) is 14.5 Å². The van der Waals surface area contributed by atoms with Crippen LogP contribution in [0.1, 0.15) is 26.3 Å². The van der Waals surface area contributed by atoms with Gasteiger partial charge in [-0.15, -0.1) is 0 Å². The van der Waals surface area contributed by atoms with E-state index < -0.39 is 29.1 Å². The minimum absolute atomic E-state index is 0.212. The van der Waals surface area contributed by atoms with E-state index in [0.717, 1.165) is 16.5 Å². The average molecular weight is 361 g/mol. The molecule has 0 radical (unpaired) electrons. The first kappa shape index (κ1) is 19.7. The third-order valence-corrected chi connectivity index (χ3v) is 3.67. The first-order chi connectivity index (χ1) is 12.2. The smallest absolute Gasteiger partial charge is 0.418 e. The first-order valence-corrected chi connectivity index (χ1v) is 8.16.